The van der Waals surface area contributed by atoms with Gasteiger partial charge in [-0.15, -0.1) is 0 Å². The molecule has 0 spiro atoms. The molecule has 1 unspecified atom stereocenters. The molecule has 20 heavy (non-hydrogen) atoms. The highest BCUT2D eigenvalue weighted by atomic mass is 31.1. The predicted molar refractivity (Wildman–Crippen MR) is 88.2 cm³/mol. The molecule has 0 aromatic rings. The fraction of sp³-hybridized carbons (Fsp3) is 0.176. The maximum Gasteiger partial charge on any atom is 0.176 e. The van der Waals surface area contributed by atoms with Crippen LogP contribution in [0.3, 0.4) is 0 Å². The third kappa shape index (κ3) is 4.11. The molecule has 0 saturated carbocycles. The molecule has 0 radical (unpaired) electrons. The minimum absolute atomic E-state index is 0.640. The first-order valence-electron chi connectivity index (χ1n) is 6.31. The number of hydrogen-bond donors (Lipinski definition) is 0. The standard InChI is InChI=1S/C17H21O2P/c1-7-9-10-15-14(5)20(6)19-16(8-2)17(15)18-12-11-13(3)4/h7-12H,2-3,5H2,1,4,6H3/b9-7+,12-11+,15-10+. The molecule has 0 aromatic carbocycles. The molecular weight excluding hydrogens is 267 g/mol. The van der Waals surface area contributed by atoms with E-state index in [-0.39, 0.29) is 0 Å². The highest BCUT2D eigenvalue weighted by molar-refractivity contribution is 7.56. The second-order valence-corrected chi connectivity index (χ2v) is 6.02. The van der Waals surface area contributed by atoms with Crippen molar-refractivity contribution in [3.05, 3.63) is 84.4 Å². The minimum atomic E-state index is -0.755. The normalized spacial score (nSPS) is 21.6. The third-order valence-corrected chi connectivity index (χ3v) is 4.05. The molecule has 1 aliphatic heterocycles. The van der Waals surface area contributed by atoms with E-state index < -0.39 is 8.15 Å². The van der Waals surface area contributed by atoms with Gasteiger partial charge in [0.1, 0.15) is 8.15 Å². The van der Waals surface area contributed by atoms with E-state index in [9.17, 15) is 0 Å². The summed E-state index contributed by atoms with van der Waals surface area (Å²) in [6.45, 7) is 17.6. The van der Waals surface area contributed by atoms with Gasteiger partial charge < -0.3 is 9.26 Å². The van der Waals surface area contributed by atoms with E-state index in [1.54, 1.807) is 18.4 Å². The van der Waals surface area contributed by atoms with Gasteiger partial charge in [0, 0.05) is 10.9 Å². The first-order chi connectivity index (χ1) is 9.51. The van der Waals surface area contributed by atoms with Crippen LogP contribution in [0, 0.1) is 0 Å². The Kier molecular flexibility index (Phi) is 6.27. The van der Waals surface area contributed by atoms with Crippen LogP contribution in [0.4, 0.5) is 0 Å². The lowest BCUT2D eigenvalue weighted by molar-refractivity contribution is 0.325. The van der Waals surface area contributed by atoms with Gasteiger partial charge in [-0.1, -0.05) is 43.5 Å². The van der Waals surface area contributed by atoms with Gasteiger partial charge in [0.05, 0.1) is 6.26 Å². The second-order valence-electron chi connectivity index (χ2n) is 4.31. The minimum Gasteiger partial charge on any atom is -0.466 e. The monoisotopic (exact) mass is 288 g/mol. The fourth-order valence-electron chi connectivity index (χ4n) is 1.51. The lowest BCUT2D eigenvalue weighted by atomic mass is 10.1. The zero-order chi connectivity index (χ0) is 15.1. The predicted octanol–water partition coefficient (Wildman–Crippen LogP) is 5.56. The summed E-state index contributed by atoms with van der Waals surface area (Å²) < 4.78 is 11.5. The van der Waals surface area contributed by atoms with E-state index in [0.29, 0.717) is 11.5 Å². The average Bonchev–Trinajstić information content (AvgIpc) is 2.41. The number of ether oxygens (including phenoxy) is 1. The Morgan fingerprint density at radius 2 is 2.10 bits per heavy atom. The van der Waals surface area contributed by atoms with Crippen LogP contribution in [-0.2, 0) is 9.26 Å². The van der Waals surface area contributed by atoms with Gasteiger partial charge in [0.25, 0.3) is 0 Å². The van der Waals surface area contributed by atoms with Gasteiger partial charge in [-0.05, 0) is 32.7 Å². The molecule has 0 N–H and O–H groups in total. The summed E-state index contributed by atoms with van der Waals surface area (Å²) in [4.78, 5) is 0. The first kappa shape index (κ1) is 16.3. The molecule has 1 heterocycles. The van der Waals surface area contributed by atoms with E-state index in [4.69, 9.17) is 9.26 Å². The van der Waals surface area contributed by atoms with Gasteiger partial charge in [-0.3, -0.25) is 0 Å². The van der Waals surface area contributed by atoms with Crippen LogP contribution in [0.2, 0.25) is 0 Å². The van der Waals surface area contributed by atoms with Crippen LogP contribution in [0.25, 0.3) is 0 Å². The van der Waals surface area contributed by atoms with Crippen LogP contribution in [-0.4, -0.2) is 6.66 Å². The van der Waals surface area contributed by atoms with Gasteiger partial charge >= 0.3 is 0 Å². The van der Waals surface area contributed by atoms with Gasteiger partial charge in [-0.25, -0.2) is 0 Å². The number of rotatable bonds is 5. The molecule has 3 heteroatoms. The molecule has 106 valence electrons. The van der Waals surface area contributed by atoms with Crippen LogP contribution in [0.5, 0.6) is 0 Å². The molecule has 0 saturated heterocycles. The third-order valence-electron chi connectivity index (χ3n) is 2.57. The second kappa shape index (κ2) is 7.72. The van der Waals surface area contributed by atoms with Crippen LogP contribution < -0.4 is 0 Å². The smallest absolute Gasteiger partial charge is 0.176 e. The maximum absolute atomic E-state index is 5.81. The zero-order valence-corrected chi connectivity index (χ0v) is 13.2. The van der Waals surface area contributed by atoms with Crippen LogP contribution in [0.15, 0.2) is 84.4 Å². The summed E-state index contributed by atoms with van der Waals surface area (Å²) in [5.74, 6) is 1.29. The number of allylic oxidation sites excluding steroid dienone is 7. The molecule has 1 rings (SSSR count). The summed E-state index contributed by atoms with van der Waals surface area (Å²) in [6, 6.07) is 0. The summed E-state index contributed by atoms with van der Waals surface area (Å²) in [7, 11) is -0.755. The average molecular weight is 288 g/mol. The number of hydrogen-bond acceptors (Lipinski definition) is 2. The Morgan fingerprint density at radius 1 is 1.40 bits per heavy atom. The molecule has 2 nitrogen and oxygen atoms in total. The zero-order valence-electron chi connectivity index (χ0n) is 12.3. The topological polar surface area (TPSA) is 18.5 Å². The Bertz CT molecular complexity index is 533. The van der Waals surface area contributed by atoms with Gasteiger partial charge in [0.15, 0.2) is 11.5 Å². The van der Waals surface area contributed by atoms with Crippen molar-refractivity contribution in [3.8, 4) is 0 Å². The summed E-state index contributed by atoms with van der Waals surface area (Å²) in [5, 5.41) is 0.947. The molecule has 0 amide bonds. The van der Waals surface area contributed by atoms with Crippen molar-refractivity contribution in [2.75, 3.05) is 6.66 Å². The summed E-state index contributed by atoms with van der Waals surface area (Å²) >= 11 is 0. The van der Waals surface area contributed by atoms with E-state index in [2.05, 4.69) is 19.7 Å². The maximum atomic E-state index is 5.81. The largest absolute Gasteiger partial charge is 0.466 e. The van der Waals surface area contributed by atoms with E-state index in [0.717, 1.165) is 16.5 Å². The van der Waals surface area contributed by atoms with E-state index in [1.807, 2.05) is 38.7 Å². The van der Waals surface area contributed by atoms with Crippen molar-refractivity contribution in [2.24, 2.45) is 0 Å². The van der Waals surface area contributed by atoms with Crippen molar-refractivity contribution in [1.82, 2.24) is 0 Å². The molecule has 1 aliphatic rings. The van der Waals surface area contributed by atoms with Crippen LogP contribution in [0.1, 0.15) is 13.8 Å². The highest BCUT2D eigenvalue weighted by Crippen LogP contribution is 2.53. The lowest BCUT2D eigenvalue weighted by Gasteiger charge is -2.27. The Balaban J connectivity index is 3.22. The molecule has 0 aliphatic carbocycles. The fourth-order valence-corrected chi connectivity index (χ4v) is 2.59. The van der Waals surface area contributed by atoms with Crippen LogP contribution >= 0.6 is 8.15 Å². The van der Waals surface area contributed by atoms with E-state index >= 15 is 0 Å². The Morgan fingerprint density at radius 3 is 2.65 bits per heavy atom. The van der Waals surface area contributed by atoms with Crippen molar-refractivity contribution >= 4 is 8.15 Å². The van der Waals surface area contributed by atoms with Gasteiger partial charge in [-0.2, -0.15) is 0 Å². The van der Waals surface area contributed by atoms with Crippen molar-refractivity contribution in [1.29, 1.82) is 0 Å². The molecule has 0 fully saturated rings. The van der Waals surface area contributed by atoms with Crippen molar-refractivity contribution in [2.45, 2.75) is 13.8 Å². The molecule has 0 bridgehead atoms. The highest BCUT2D eigenvalue weighted by Gasteiger charge is 2.27. The Hall–Kier alpha value is -1.79. The van der Waals surface area contributed by atoms with Crippen molar-refractivity contribution in [3.63, 3.8) is 0 Å². The molecule has 1 atom stereocenters. The first-order valence-corrected chi connectivity index (χ1v) is 8.01. The van der Waals surface area contributed by atoms with Gasteiger partial charge in [0.2, 0.25) is 0 Å². The summed E-state index contributed by atoms with van der Waals surface area (Å²) in [6.07, 6.45) is 11.0. The Labute approximate surface area is 123 Å². The van der Waals surface area contributed by atoms with E-state index in [1.165, 1.54) is 0 Å². The molecule has 0 aromatic heterocycles. The summed E-state index contributed by atoms with van der Waals surface area (Å²) in [5.41, 5.74) is 1.86. The quantitative estimate of drug-likeness (QED) is 0.374. The SMILES string of the molecule is C=CC1=C(O/C=C/C(=C)C)/C(=C/C=C/C)C(=C)P(C)O1. The van der Waals surface area contributed by atoms with Crippen molar-refractivity contribution < 1.29 is 9.26 Å². The lowest BCUT2D eigenvalue weighted by Crippen LogP contribution is -2.06. The molecular formula is C17H21O2P.